The van der Waals surface area contributed by atoms with Crippen molar-refractivity contribution in [1.82, 2.24) is 0 Å². The van der Waals surface area contributed by atoms with Crippen molar-refractivity contribution in [1.29, 1.82) is 0 Å². The molecule has 1 unspecified atom stereocenters. The van der Waals surface area contributed by atoms with Crippen LogP contribution in [0.3, 0.4) is 0 Å². The van der Waals surface area contributed by atoms with E-state index in [-0.39, 0.29) is 6.04 Å². The van der Waals surface area contributed by atoms with Crippen molar-refractivity contribution in [2.45, 2.75) is 6.04 Å². The maximum absolute atomic E-state index is 6.24. The van der Waals surface area contributed by atoms with Crippen LogP contribution in [0.1, 0.15) is 17.2 Å². The first-order chi connectivity index (χ1) is 8.34. The largest absolute Gasteiger partial charge is 0.320 e. The standard InChI is InChI=1S/C14H13N3/c15-14(10-4-2-1-3-5-10)11-6-7-12-13(8-11)17-9-16-12/h1-8,14H,9,15H2. The zero-order valence-electron chi connectivity index (χ0n) is 9.38. The molecule has 1 atom stereocenters. The number of rotatable bonds is 2. The van der Waals surface area contributed by atoms with Gasteiger partial charge in [0.15, 0.2) is 0 Å². The molecule has 0 aliphatic carbocycles. The van der Waals surface area contributed by atoms with E-state index in [1.54, 1.807) is 0 Å². The molecule has 0 spiro atoms. The van der Waals surface area contributed by atoms with Crippen molar-refractivity contribution in [3.63, 3.8) is 0 Å². The highest BCUT2D eigenvalue weighted by molar-refractivity contribution is 5.30. The fourth-order valence-corrected chi connectivity index (χ4v) is 2.03. The fourth-order valence-electron chi connectivity index (χ4n) is 2.03. The van der Waals surface area contributed by atoms with E-state index < -0.39 is 0 Å². The second kappa shape index (κ2) is 4.11. The van der Waals surface area contributed by atoms with E-state index >= 15 is 0 Å². The first-order valence-electron chi connectivity index (χ1n) is 5.64. The summed E-state index contributed by atoms with van der Waals surface area (Å²) in [7, 11) is 0. The molecule has 0 fully saturated rings. The Morgan fingerprint density at radius 1 is 0.882 bits per heavy atom. The molecular formula is C14H13N3. The molecule has 0 bridgehead atoms. The van der Waals surface area contributed by atoms with Gasteiger partial charge >= 0.3 is 0 Å². The zero-order chi connectivity index (χ0) is 11.7. The molecule has 0 saturated carbocycles. The van der Waals surface area contributed by atoms with E-state index in [9.17, 15) is 0 Å². The van der Waals surface area contributed by atoms with Crippen molar-refractivity contribution in [3.05, 3.63) is 70.4 Å². The third-order valence-electron chi connectivity index (χ3n) is 3.00. The van der Waals surface area contributed by atoms with Crippen molar-refractivity contribution >= 4 is 0 Å². The monoisotopic (exact) mass is 223 g/mol. The summed E-state index contributed by atoms with van der Waals surface area (Å²) in [6, 6.07) is 16.0. The van der Waals surface area contributed by atoms with Gasteiger partial charge in [0.2, 0.25) is 0 Å². The average Bonchev–Trinajstić information content (AvgIpc) is 2.86. The van der Waals surface area contributed by atoms with Crippen LogP contribution in [0.5, 0.6) is 0 Å². The molecule has 3 rings (SSSR count). The van der Waals surface area contributed by atoms with Gasteiger partial charge in [-0.05, 0) is 23.3 Å². The Balaban J connectivity index is 2.04. The minimum Gasteiger partial charge on any atom is -0.320 e. The Labute approximate surface area is 99.3 Å². The summed E-state index contributed by atoms with van der Waals surface area (Å²) in [5, 5.41) is 1.92. The molecule has 2 N–H and O–H groups in total. The van der Waals surface area contributed by atoms with Gasteiger partial charge in [-0.3, -0.25) is 9.98 Å². The molecule has 0 saturated heterocycles. The molecule has 2 aromatic carbocycles. The lowest BCUT2D eigenvalue weighted by molar-refractivity contribution is 0.868. The summed E-state index contributed by atoms with van der Waals surface area (Å²) in [6.45, 7) is 0.541. The molecular weight excluding hydrogens is 210 g/mol. The maximum Gasteiger partial charge on any atom is 0.130 e. The predicted octanol–water partition coefficient (Wildman–Crippen LogP) is 0.945. The van der Waals surface area contributed by atoms with E-state index in [1.165, 1.54) is 0 Å². The summed E-state index contributed by atoms with van der Waals surface area (Å²) in [4.78, 5) is 8.58. The Bertz CT molecular complexity index is 647. The van der Waals surface area contributed by atoms with E-state index in [1.807, 2.05) is 48.5 Å². The minimum absolute atomic E-state index is 0.0997. The van der Waals surface area contributed by atoms with E-state index in [4.69, 9.17) is 5.73 Å². The normalized spacial score (nSPS) is 14.6. The van der Waals surface area contributed by atoms with Gasteiger partial charge in [0, 0.05) is 0 Å². The smallest absolute Gasteiger partial charge is 0.130 e. The van der Waals surface area contributed by atoms with Crippen LogP contribution in [0.25, 0.3) is 0 Å². The van der Waals surface area contributed by atoms with Crippen LogP contribution in [-0.4, -0.2) is 6.67 Å². The second-order valence-electron chi connectivity index (χ2n) is 4.09. The van der Waals surface area contributed by atoms with Crippen LogP contribution < -0.4 is 16.4 Å². The Morgan fingerprint density at radius 2 is 1.65 bits per heavy atom. The van der Waals surface area contributed by atoms with Gasteiger partial charge in [-0.1, -0.05) is 36.4 Å². The summed E-state index contributed by atoms with van der Waals surface area (Å²) in [5.74, 6) is 0. The van der Waals surface area contributed by atoms with Crippen LogP contribution in [0, 0.1) is 0 Å². The van der Waals surface area contributed by atoms with Gasteiger partial charge < -0.3 is 5.73 Å². The highest BCUT2D eigenvalue weighted by Crippen LogP contribution is 2.17. The van der Waals surface area contributed by atoms with Gasteiger partial charge in [0.25, 0.3) is 0 Å². The lowest BCUT2D eigenvalue weighted by Gasteiger charge is -2.11. The number of fused-ring (bicyclic) bond motifs is 1. The molecule has 1 aliphatic rings. The lowest BCUT2D eigenvalue weighted by atomic mass is 9.99. The minimum atomic E-state index is -0.0997. The lowest BCUT2D eigenvalue weighted by Crippen LogP contribution is -2.24. The highest BCUT2D eigenvalue weighted by atomic mass is 15.0. The number of hydrogen-bond acceptors (Lipinski definition) is 3. The first-order valence-corrected chi connectivity index (χ1v) is 5.64. The molecule has 84 valence electrons. The third-order valence-corrected chi connectivity index (χ3v) is 3.00. The van der Waals surface area contributed by atoms with Gasteiger partial charge in [0.05, 0.1) is 16.8 Å². The molecule has 2 aromatic rings. The van der Waals surface area contributed by atoms with Crippen molar-refractivity contribution < 1.29 is 0 Å². The summed E-state index contributed by atoms with van der Waals surface area (Å²) in [5.41, 5.74) is 8.43. The van der Waals surface area contributed by atoms with Crippen LogP contribution in [0.4, 0.5) is 0 Å². The van der Waals surface area contributed by atoms with Crippen molar-refractivity contribution in [2.75, 3.05) is 6.67 Å². The Morgan fingerprint density at radius 3 is 2.47 bits per heavy atom. The van der Waals surface area contributed by atoms with Gasteiger partial charge in [0.1, 0.15) is 6.67 Å². The third kappa shape index (κ3) is 1.85. The van der Waals surface area contributed by atoms with E-state index in [2.05, 4.69) is 9.98 Å². The van der Waals surface area contributed by atoms with Gasteiger partial charge in [-0.2, -0.15) is 0 Å². The number of nitrogens with zero attached hydrogens (tertiary/aromatic N) is 2. The SMILES string of the molecule is NC(c1ccccc1)c1ccc2c(c1)=NCN=2. The Hall–Kier alpha value is -2.00. The van der Waals surface area contributed by atoms with Crippen LogP contribution in [0.2, 0.25) is 0 Å². The molecule has 0 aromatic heterocycles. The van der Waals surface area contributed by atoms with Crippen molar-refractivity contribution in [3.8, 4) is 0 Å². The van der Waals surface area contributed by atoms with Crippen LogP contribution in [-0.2, 0) is 0 Å². The molecule has 0 amide bonds. The molecule has 1 heterocycles. The summed E-state index contributed by atoms with van der Waals surface area (Å²) >= 11 is 0. The van der Waals surface area contributed by atoms with Crippen molar-refractivity contribution in [2.24, 2.45) is 15.7 Å². The summed E-state index contributed by atoms with van der Waals surface area (Å²) < 4.78 is 0. The zero-order valence-corrected chi connectivity index (χ0v) is 9.38. The number of benzene rings is 2. The molecule has 3 nitrogen and oxygen atoms in total. The highest BCUT2D eigenvalue weighted by Gasteiger charge is 2.09. The van der Waals surface area contributed by atoms with Gasteiger partial charge in [-0.15, -0.1) is 0 Å². The Kier molecular flexibility index (Phi) is 2.46. The quantitative estimate of drug-likeness (QED) is 0.809. The number of nitrogens with two attached hydrogens (primary N) is 1. The topological polar surface area (TPSA) is 50.7 Å². The number of hydrogen-bond donors (Lipinski definition) is 1. The second-order valence-corrected chi connectivity index (χ2v) is 4.09. The van der Waals surface area contributed by atoms with Crippen LogP contribution >= 0.6 is 0 Å². The first kappa shape index (κ1) is 10.2. The average molecular weight is 223 g/mol. The summed E-state index contributed by atoms with van der Waals surface area (Å²) in [6.07, 6.45) is 0. The molecule has 3 heteroatoms. The molecule has 17 heavy (non-hydrogen) atoms. The fraction of sp³-hybridized carbons (Fsp3) is 0.143. The van der Waals surface area contributed by atoms with Crippen LogP contribution in [0.15, 0.2) is 58.5 Å². The van der Waals surface area contributed by atoms with Gasteiger partial charge in [-0.25, -0.2) is 0 Å². The molecule has 0 radical (unpaired) electrons. The predicted molar refractivity (Wildman–Crippen MR) is 66.1 cm³/mol. The van der Waals surface area contributed by atoms with E-state index in [0.717, 1.165) is 21.8 Å². The molecule has 1 aliphatic heterocycles. The van der Waals surface area contributed by atoms with E-state index in [0.29, 0.717) is 6.67 Å². The maximum atomic E-state index is 6.24.